The van der Waals surface area contributed by atoms with Gasteiger partial charge in [-0.2, -0.15) is 0 Å². The van der Waals surface area contributed by atoms with E-state index in [1.807, 2.05) is 0 Å². The Bertz CT molecular complexity index is 264. The summed E-state index contributed by atoms with van der Waals surface area (Å²) < 4.78 is 0. The van der Waals surface area contributed by atoms with Crippen molar-refractivity contribution in [2.75, 3.05) is 0 Å². The number of rotatable bonds is 1. The summed E-state index contributed by atoms with van der Waals surface area (Å²) >= 11 is 0. The van der Waals surface area contributed by atoms with Crippen molar-refractivity contribution in [3.05, 3.63) is 34.4 Å². The third-order valence-electron chi connectivity index (χ3n) is 1.08. The van der Waals surface area contributed by atoms with Crippen LogP contribution in [0.15, 0.2) is 24.3 Å². The molecule has 0 aromatic heterocycles. The molecule has 0 saturated carbocycles. The molecule has 0 fully saturated rings. The molecule has 1 rings (SSSR count). The topological polar surface area (TPSA) is 63.4 Å². The number of para-hydroxylation sites is 2. The third kappa shape index (κ3) is 2.49. The zero-order chi connectivity index (χ0) is 7.56. The second-order valence-corrected chi connectivity index (χ2v) is 1.75. The van der Waals surface area contributed by atoms with Gasteiger partial charge in [-0.15, -0.1) is 0 Å². The Balaban J connectivity index is 0.000001000. The van der Waals surface area contributed by atoms with E-state index in [-0.39, 0.29) is 41.0 Å². The van der Waals surface area contributed by atoms with Crippen molar-refractivity contribution in [1.29, 1.82) is 0 Å². The zero-order valence-corrected chi connectivity index (χ0v) is 8.02. The number of aromatic hydroxyl groups is 1. The maximum atomic E-state index is 10.1. The van der Waals surface area contributed by atoms with E-state index in [4.69, 9.17) is 5.11 Å². The number of phenols is 1. The molecule has 0 bridgehead atoms. The first kappa shape index (κ1) is 10.4. The SMILES string of the molecule is O=[N+]([O-])c1ccccc1O.[Na+]. The molecule has 4 nitrogen and oxygen atoms in total. The molecule has 0 aliphatic heterocycles. The van der Waals surface area contributed by atoms with Gasteiger partial charge in [0.1, 0.15) is 0 Å². The zero-order valence-electron chi connectivity index (χ0n) is 6.02. The molecule has 0 aliphatic rings. The summed E-state index contributed by atoms with van der Waals surface area (Å²) in [5.41, 5.74) is -0.262. The van der Waals surface area contributed by atoms with Gasteiger partial charge < -0.3 is 5.11 Å². The van der Waals surface area contributed by atoms with Gasteiger partial charge in [0.2, 0.25) is 0 Å². The van der Waals surface area contributed by atoms with Gasteiger partial charge in [-0.25, -0.2) is 0 Å². The number of phenolic OH excluding ortho intramolecular Hbond substituents is 1. The van der Waals surface area contributed by atoms with Crippen LogP contribution in [-0.4, -0.2) is 10.0 Å². The Morgan fingerprint density at radius 3 is 2.27 bits per heavy atom. The van der Waals surface area contributed by atoms with Crippen LogP contribution >= 0.6 is 0 Å². The molecule has 1 aromatic rings. The van der Waals surface area contributed by atoms with Crippen molar-refractivity contribution in [2.45, 2.75) is 0 Å². The predicted molar refractivity (Wildman–Crippen MR) is 34.8 cm³/mol. The van der Waals surface area contributed by atoms with Crippen molar-refractivity contribution < 1.29 is 39.6 Å². The molecule has 1 aromatic carbocycles. The first-order chi connectivity index (χ1) is 4.72. The molecule has 0 saturated heterocycles. The summed E-state index contributed by atoms with van der Waals surface area (Å²) in [7, 11) is 0. The second kappa shape index (κ2) is 4.33. The van der Waals surface area contributed by atoms with Crippen LogP contribution in [0, 0.1) is 10.1 Å². The summed E-state index contributed by atoms with van der Waals surface area (Å²) in [5.74, 6) is -0.299. The minimum atomic E-state index is -0.630. The molecule has 0 heterocycles. The summed E-state index contributed by atoms with van der Waals surface area (Å²) in [6.45, 7) is 0. The normalized spacial score (nSPS) is 8.36. The minimum absolute atomic E-state index is 0. The molecule has 0 radical (unpaired) electrons. The minimum Gasteiger partial charge on any atom is -0.502 e. The number of hydrogen-bond donors (Lipinski definition) is 1. The molecule has 0 atom stereocenters. The van der Waals surface area contributed by atoms with E-state index < -0.39 is 4.92 Å². The van der Waals surface area contributed by atoms with Crippen LogP contribution in [0.3, 0.4) is 0 Å². The van der Waals surface area contributed by atoms with Crippen LogP contribution in [0.25, 0.3) is 0 Å². The molecule has 0 amide bonds. The van der Waals surface area contributed by atoms with Crippen molar-refractivity contribution in [3.63, 3.8) is 0 Å². The summed E-state index contributed by atoms with van der Waals surface area (Å²) in [4.78, 5) is 9.44. The maximum absolute atomic E-state index is 10.1. The van der Waals surface area contributed by atoms with Gasteiger partial charge in [-0.3, -0.25) is 10.1 Å². The fourth-order valence-electron chi connectivity index (χ4n) is 0.619. The quantitative estimate of drug-likeness (QED) is 0.304. The van der Waals surface area contributed by atoms with Crippen molar-refractivity contribution in [1.82, 2.24) is 0 Å². The van der Waals surface area contributed by atoms with Gasteiger partial charge in [-0.05, 0) is 6.07 Å². The Morgan fingerprint density at radius 2 is 1.91 bits per heavy atom. The molecule has 5 heteroatoms. The fourth-order valence-corrected chi connectivity index (χ4v) is 0.619. The molecular formula is C6H5NNaO3+. The Labute approximate surface area is 85.3 Å². The molecule has 52 valence electrons. The smallest absolute Gasteiger partial charge is 0.502 e. The number of nitro groups is 1. The van der Waals surface area contributed by atoms with Gasteiger partial charge in [-0.1, -0.05) is 12.1 Å². The van der Waals surface area contributed by atoms with Crippen LogP contribution in [0.1, 0.15) is 0 Å². The maximum Gasteiger partial charge on any atom is 1.00 e. The van der Waals surface area contributed by atoms with E-state index in [0.717, 1.165) is 0 Å². The average molecular weight is 162 g/mol. The van der Waals surface area contributed by atoms with Crippen molar-refractivity contribution >= 4 is 5.69 Å². The molecule has 11 heavy (non-hydrogen) atoms. The number of benzene rings is 1. The van der Waals surface area contributed by atoms with E-state index in [0.29, 0.717) is 0 Å². The molecule has 0 unspecified atom stereocenters. The first-order valence-electron chi connectivity index (χ1n) is 2.64. The predicted octanol–water partition coefficient (Wildman–Crippen LogP) is -1.70. The molecule has 1 N–H and O–H groups in total. The van der Waals surface area contributed by atoms with Crippen LogP contribution in [0.5, 0.6) is 5.75 Å². The van der Waals surface area contributed by atoms with E-state index in [9.17, 15) is 10.1 Å². The van der Waals surface area contributed by atoms with Crippen molar-refractivity contribution in [3.8, 4) is 5.75 Å². The second-order valence-electron chi connectivity index (χ2n) is 1.75. The van der Waals surface area contributed by atoms with E-state index in [2.05, 4.69) is 0 Å². The summed E-state index contributed by atoms with van der Waals surface area (Å²) in [6, 6.07) is 5.55. The summed E-state index contributed by atoms with van der Waals surface area (Å²) in [6.07, 6.45) is 0. The van der Waals surface area contributed by atoms with Gasteiger partial charge in [0.05, 0.1) is 4.92 Å². The third-order valence-corrected chi connectivity index (χ3v) is 1.08. The standard InChI is InChI=1S/C6H5NO3.Na/c8-6-4-2-1-3-5(6)7(9)10;/h1-4,8H;/q;+1. The fraction of sp³-hybridized carbons (Fsp3) is 0. The van der Waals surface area contributed by atoms with Crippen LogP contribution < -0.4 is 29.6 Å². The number of hydrogen-bond acceptors (Lipinski definition) is 3. The Hall–Kier alpha value is -0.580. The molecule has 0 spiro atoms. The largest absolute Gasteiger partial charge is 1.00 e. The number of nitrogens with zero attached hydrogens (tertiary/aromatic N) is 1. The first-order valence-corrected chi connectivity index (χ1v) is 2.64. The van der Waals surface area contributed by atoms with E-state index in [1.54, 1.807) is 0 Å². The Morgan fingerprint density at radius 1 is 1.36 bits per heavy atom. The van der Waals surface area contributed by atoms with Gasteiger partial charge in [0, 0.05) is 6.07 Å². The van der Waals surface area contributed by atoms with E-state index in [1.165, 1.54) is 24.3 Å². The molecule has 0 aliphatic carbocycles. The van der Waals surface area contributed by atoms with E-state index >= 15 is 0 Å². The summed E-state index contributed by atoms with van der Waals surface area (Å²) in [5, 5.41) is 18.9. The average Bonchev–Trinajstić information content (AvgIpc) is 1.88. The van der Waals surface area contributed by atoms with Gasteiger partial charge in [0.15, 0.2) is 5.75 Å². The number of nitro benzene ring substituents is 1. The van der Waals surface area contributed by atoms with Crippen LogP contribution in [-0.2, 0) is 0 Å². The van der Waals surface area contributed by atoms with Crippen LogP contribution in [0.2, 0.25) is 0 Å². The van der Waals surface area contributed by atoms with Crippen LogP contribution in [0.4, 0.5) is 5.69 Å². The molecular weight excluding hydrogens is 157 g/mol. The monoisotopic (exact) mass is 162 g/mol. The van der Waals surface area contributed by atoms with Crippen molar-refractivity contribution in [2.24, 2.45) is 0 Å². The Kier molecular flexibility index (Phi) is 4.10. The van der Waals surface area contributed by atoms with Gasteiger partial charge in [0.25, 0.3) is 0 Å². The van der Waals surface area contributed by atoms with Gasteiger partial charge >= 0.3 is 35.2 Å².